The van der Waals surface area contributed by atoms with Crippen LogP contribution in [0.15, 0.2) is 36.4 Å². The van der Waals surface area contributed by atoms with Crippen molar-refractivity contribution in [3.8, 4) is 5.75 Å². The Hall–Kier alpha value is -2.51. The molecule has 2 aromatic rings. The van der Waals surface area contributed by atoms with Crippen LogP contribution in [-0.2, 0) is 23.2 Å². The molecule has 2 saturated carbocycles. The van der Waals surface area contributed by atoms with Crippen molar-refractivity contribution < 1.29 is 23.8 Å². The Kier molecular flexibility index (Phi) is 5.01. The largest absolute Gasteiger partial charge is 0.508 e. The molecule has 0 unspecified atom stereocenters. The SMILES string of the molecule is O=C(NCc1ccc(F)cc1F)[C@@H]1C[C@]23CCN(CC4CC4)[C@H](Cc4ccc(O)cc42)[C@]3(O)C1. The minimum absolute atomic E-state index is 0.0263. The van der Waals surface area contributed by atoms with Crippen molar-refractivity contribution in [3.05, 3.63) is 64.7 Å². The fourth-order valence-electron chi connectivity index (χ4n) is 7.01. The molecular formula is C27H30F2N2O3. The number of halogens is 2. The van der Waals surface area contributed by atoms with Crippen LogP contribution >= 0.6 is 0 Å². The number of likely N-dealkylation sites (tertiary alicyclic amines) is 1. The van der Waals surface area contributed by atoms with Gasteiger partial charge in [0.25, 0.3) is 0 Å². The van der Waals surface area contributed by atoms with Crippen molar-refractivity contribution in [1.82, 2.24) is 10.2 Å². The quantitative estimate of drug-likeness (QED) is 0.629. The lowest BCUT2D eigenvalue weighted by molar-refractivity contribution is -0.134. The molecule has 6 rings (SSSR count). The van der Waals surface area contributed by atoms with Gasteiger partial charge in [-0.2, -0.15) is 0 Å². The van der Waals surface area contributed by atoms with Crippen molar-refractivity contribution in [1.29, 1.82) is 0 Å². The molecule has 0 radical (unpaired) electrons. The van der Waals surface area contributed by atoms with E-state index in [0.717, 1.165) is 36.7 Å². The predicted octanol–water partition coefficient (Wildman–Crippen LogP) is 3.41. The second-order valence-electron chi connectivity index (χ2n) is 10.8. The number of carbonyl (C=O) groups is 1. The Bertz CT molecular complexity index is 1150. The summed E-state index contributed by atoms with van der Waals surface area (Å²) in [6.07, 6.45) is 4.75. The van der Waals surface area contributed by atoms with Crippen LogP contribution in [0.5, 0.6) is 5.75 Å². The van der Waals surface area contributed by atoms with Gasteiger partial charge in [-0.25, -0.2) is 8.78 Å². The summed E-state index contributed by atoms with van der Waals surface area (Å²) in [4.78, 5) is 15.7. The van der Waals surface area contributed by atoms with Gasteiger partial charge in [-0.15, -0.1) is 0 Å². The van der Waals surface area contributed by atoms with Crippen molar-refractivity contribution in [2.45, 2.75) is 62.1 Å². The van der Waals surface area contributed by atoms with Crippen molar-refractivity contribution >= 4 is 5.91 Å². The third-order valence-corrected chi connectivity index (χ3v) is 8.85. The fraction of sp³-hybridized carbons (Fsp3) is 0.519. The van der Waals surface area contributed by atoms with E-state index in [2.05, 4.69) is 10.2 Å². The van der Waals surface area contributed by atoms with E-state index in [1.807, 2.05) is 6.07 Å². The van der Waals surface area contributed by atoms with Crippen LogP contribution in [0.25, 0.3) is 0 Å². The molecule has 2 aromatic carbocycles. The molecule has 0 spiro atoms. The average Bonchev–Trinajstić information content (AvgIpc) is 3.54. The highest BCUT2D eigenvalue weighted by molar-refractivity contribution is 5.80. The van der Waals surface area contributed by atoms with E-state index < -0.39 is 28.6 Å². The normalized spacial score (nSPS) is 32.2. The first-order valence-electron chi connectivity index (χ1n) is 12.3. The molecule has 1 saturated heterocycles. The summed E-state index contributed by atoms with van der Waals surface area (Å²) in [7, 11) is 0. The number of phenolic OH excluding ortho intramolecular Hbond substituents is 1. The Morgan fingerprint density at radius 1 is 1.15 bits per heavy atom. The topological polar surface area (TPSA) is 72.8 Å². The summed E-state index contributed by atoms with van der Waals surface area (Å²) in [5.74, 6) is -1.11. The van der Waals surface area contributed by atoms with E-state index in [4.69, 9.17) is 0 Å². The summed E-state index contributed by atoms with van der Waals surface area (Å²) in [5.41, 5.74) is 0.684. The second kappa shape index (κ2) is 7.75. The first-order valence-corrected chi connectivity index (χ1v) is 12.3. The molecule has 3 fully saturated rings. The van der Waals surface area contributed by atoms with E-state index in [0.29, 0.717) is 25.2 Å². The first-order chi connectivity index (χ1) is 16.3. The minimum Gasteiger partial charge on any atom is -0.508 e. The molecule has 7 heteroatoms. The zero-order valence-electron chi connectivity index (χ0n) is 19.1. The van der Waals surface area contributed by atoms with E-state index in [-0.39, 0.29) is 29.8 Å². The van der Waals surface area contributed by atoms with Crippen LogP contribution in [-0.4, -0.2) is 45.8 Å². The Morgan fingerprint density at radius 2 is 1.97 bits per heavy atom. The van der Waals surface area contributed by atoms with Gasteiger partial charge in [-0.05, 0) is 80.3 Å². The predicted molar refractivity (Wildman–Crippen MR) is 122 cm³/mol. The molecule has 1 amide bonds. The van der Waals surface area contributed by atoms with Gasteiger partial charge in [-0.3, -0.25) is 9.69 Å². The van der Waals surface area contributed by atoms with Gasteiger partial charge in [0.2, 0.25) is 5.91 Å². The number of amides is 1. The molecule has 4 atom stereocenters. The number of piperidine rings is 1. The third kappa shape index (κ3) is 3.35. The number of benzene rings is 2. The van der Waals surface area contributed by atoms with Crippen LogP contribution in [0, 0.1) is 23.5 Å². The first kappa shape index (κ1) is 22.0. The smallest absolute Gasteiger partial charge is 0.223 e. The maximum absolute atomic E-state index is 14.1. The van der Waals surface area contributed by atoms with Crippen LogP contribution in [0.3, 0.4) is 0 Å². The zero-order chi connectivity index (χ0) is 23.7. The summed E-state index contributed by atoms with van der Waals surface area (Å²) in [5, 5.41) is 25.4. The maximum atomic E-state index is 14.1. The van der Waals surface area contributed by atoms with Crippen molar-refractivity contribution in [2.75, 3.05) is 13.1 Å². The number of rotatable bonds is 5. The lowest BCUT2D eigenvalue weighted by Crippen LogP contribution is -2.69. The number of carbonyl (C=O) groups excluding carboxylic acids is 1. The molecule has 3 aliphatic carbocycles. The van der Waals surface area contributed by atoms with Crippen LogP contribution in [0.2, 0.25) is 0 Å². The molecule has 1 aliphatic heterocycles. The summed E-state index contributed by atoms with van der Waals surface area (Å²) in [6.45, 7) is 1.83. The van der Waals surface area contributed by atoms with Crippen LogP contribution in [0.4, 0.5) is 8.78 Å². The summed E-state index contributed by atoms with van der Waals surface area (Å²) >= 11 is 0. The monoisotopic (exact) mass is 468 g/mol. The number of nitrogens with zero attached hydrogens (tertiary/aromatic N) is 1. The number of nitrogens with one attached hydrogen (secondary N) is 1. The average molecular weight is 469 g/mol. The van der Waals surface area contributed by atoms with E-state index >= 15 is 0 Å². The van der Waals surface area contributed by atoms with Gasteiger partial charge in [-0.1, -0.05) is 12.1 Å². The molecule has 2 bridgehead atoms. The van der Waals surface area contributed by atoms with Crippen LogP contribution in [0.1, 0.15) is 48.8 Å². The van der Waals surface area contributed by atoms with Gasteiger partial charge in [0.15, 0.2) is 0 Å². The molecule has 1 heterocycles. The second-order valence-corrected chi connectivity index (χ2v) is 10.8. The molecule has 34 heavy (non-hydrogen) atoms. The molecule has 180 valence electrons. The number of fused-ring (bicyclic) bond motifs is 1. The van der Waals surface area contributed by atoms with E-state index in [1.165, 1.54) is 25.0 Å². The van der Waals surface area contributed by atoms with Gasteiger partial charge in [0.05, 0.1) is 5.60 Å². The standard InChI is InChI=1S/C27H30F2N2O3/c28-20-5-3-18(23(29)10-20)14-30-25(33)19-12-26-7-8-31(15-16-1-2-16)24(27(26,34)13-19)9-17-4-6-21(32)11-22(17)26/h3-6,10-11,16,19,24,32,34H,1-2,7-9,12-15H2,(H,30,33)/t19-,24-,26-,27-/m1/s1. The highest BCUT2D eigenvalue weighted by Gasteiger charge is 2.68. The van der Waals surface area contributed by atoms with Gasteiger partial charge in [0.1, 0.15) is 17.4 Å². The maximum Gasteiger partial charge on any atom is 0.223 e. The van der Waals surface area contributed by atoms with E-state index in [9.17, 15) is 23.8 Å². The number of phenols is 1. The lowest BCUT2D eigenvalue weighted by Gasteiger charge is -2.59. The summed E-state index contributed by atoms with van der Waals surface area (Å²) < 4.78 is 27.3. The molecule has 0 aromatic heterocycles. The van der Waals surface area contributed by atoms with E-state index in [1.54, 1.807) is 12.1 Å². The fourth-order valence-corrected chi connectivity index (χ4v) is 7.01. The van der Waals surface area contributed by atoms with Crippen molar-refractivity contribution in [3.63, 3.8) is 0 Å². The third-order valence-electron chi connectivity index (χ3n) is 8.85. The van der Waals surface area contributed by atoms with Gasteiger partial charge in [0, 0.05) is 42.1 Å². The number of aliphatic hydroxyl groups is 1. The molecule has 3 N–H and O–H groups in total. The lowest BCUT2D eigenvalue weighted by atomic mass is 9.56. The van der Waals surface area contributed by atoms with Crippen molar-refractivity contribution in [2.24, 2.45) is 11.8 Å². The molecule has 5 nitrogen and oxygen atoms in total. The van der Waals surface area contributed by atoms with Crippen LogP contribution < -0.4 is 5.32 Å². The number of hydrogen-bond donors (Lipinski definition) is 3. The molecule has 4 aliphatic rings. The Morgan fingerprint density at radius 3 is 2.74 bits per heavy atom. The van der Waals surface area contributed by atoms with Gasteiger partial charge >= 0.3 is 0 Å². The Balaban J connectivity index is 1.29. The highest BCUT2D eigenvalue weighted by Crippen LogP contribution is 2.62. The minimum atomic E-state index is -1.07. The molecular weight excluding hydrogens is 438 g/mol. The summed E-state index contributed by atoms with van der Waals surface area (Å²) in [6, 6.07) is 8.72. The highest BCUT2D eigenvalue weighted by atomic mass is 19.1. The van der Waals surface area contributed by atoms with Gasteiger partial charge < -0.3 is 15.5 Å². The number of aromatic hydroxyl groups is 1. The Labute approximate surface area is 197 Å². The zero-order valence-corrected chi connectivity index (χ0v) is 19.1. The number of hydrogen-bond acceptors (Lipinski definition) is 4.